The zero-order chi connectivity index (χ0) is 35.1. The quantitative estimate of drug-likeness (QED) is 0.159. The lowest BCUT2D eigenvalue weighted by molar-refractivity contribution is 1.30. The minimum atomic E-state index is 1.10. The fourth-order valence-electron chi connectivity index (χ4n) is 8.05. The summed E-state index contributed by atoms with van der Waals surface area (Å²) in [6.07, 6.45) is 0. The van der Waals surface area contributed by atoms with E-state index >= 15 is 0 Å². The van der Waals surface area contributed by atoms with Gasteiger partial charge in [0.05, 0.1) is 5.69 Å². The van der Waals surface area contributed by atoms with Crippen molar-refractivity contribution in [2.75, 3.05) is 4.90 Å². The molecule has 0 heterocycles. The van der Waals surface area contributed by atoms with Gasteiger partial charge in [0.1, 0.15) is 0 Å². The number of rotatable bonds is 6. The lowest BCUT2D eigenvalue weighted by atomic mass is 9.93. The second kappa shape index (κ2) is 13.0. The normalized spacial score (nSPS) is 11.4. The van der Waals surface area contributed by atoms with Crippen molar-refractivity contribution < 1.29 is 0 Å². The summed E-state index contributed by atoms with van der Waals surface area (Å²) in [5.74, 6) is 0. The highest BCUT2D eigenvalue weighted by Gasteiger charge is 2.19. The Kier molecular flexibility index (Phi) is 7.55. The second-order valence-corrected chi connectivity index (χ2v) is 13.7. The van der Waals surface area contributed by atoms with Crippen LogP contribution in [0.15, 0.2) is 212 Å². The summed E-state index contributed by atoms with van der Waals surface area (Å²) in [6, 6.07) is 77.3. The Labute approximate surface area is 309 Å². The van der Waals surface area contributed by atoms with Gasteiger partial charge in [-0.15, -0.1) is 0 Å². The minimum absolute atomic E-state index is 1.10. The van der Waals surface area contributed by atoms with Crippen molar-refractivity contribution in [2.45, 2.75) is 0 Å². The van der Waals surface area contributed by atoms with Crippen molar-refractivity contribution in [2.24, 2.45) is 0 Å². The first-order valence-corrected chi connectivity index (χ1v) is 18.3. The highest BCUT2D eigenvalue weighted by atomic mass is 15.1. The lowest BCUT2D eigenvalue weighted by Gasteiger charge is -2.28. The third-order valence-corrected chi connectivity index (χ3v) is 10.6. The molecule has 0 spiro atoms. The summed E-state index contributed by atoms with van der Waals surface area (Å²) in [7, 11) is 0. The van der Waals surface area contributed by atoms with Gasteiger partial charge in [0.2, 0.25) is 0 Å². The standard InChI is InChI=1S/C52H35N/c1-2-14-37(15-3-1)46-31-32-52(50-24-11-10-22-48(46)50)53(44-19-12-18-40(34-44)41-26-25-36-13-4-5-16-39(36)33-41)43-29-27-38(28-30-43)51-35-42-17-6-7-20-45(42)47-21-8-9-23-49(47)51/h1-35H. The van der Waals surface area contributed by atoms with E-state index in [1.54, 1.807) is 0 Å². The zero-order valence-corrected chi connectivity index (χ0v) is 29.2. The van der Waals surface area contributed by atoms with Crippen molar-refractivity contribution in [3.8, 4) is 33.4 Å². The molecule has 0 fully saturated rings. The van der Waals surface area contributed by atoms with E-state index in [4.69, 9.17) is 0 Å². The van der Waals surface area contributed by atoms with Crippen LogP contribution in [0.5, 0.6) is 0 Å². The second-order valence-electron chi connectivity index (χ2n) is 13.7. The molecule has 248 valence electrons. The number of nitrogens with zero attached hydrogens (tertiary/aromatic N) is 1. The Bertz CT molecular complexity index is 2940. The van der Waals surface area contributed by atoms with Gasteiger partial charge in [-0.2, -0.15) is 0 Å². The van der Waals surface area contributed by atoms with E-state index < -0.39 is 0 Å². The maximum absolute atomic E-state index is 2.42. The van der Waals surface area contributed by atoms with E-state index in [-0.39, 0.29) is 0 Å². The number of anilines is 3. The Balaban J connectivity index is 1.15. The van der Waals surface area contributed by atoms with Crippen LogP contribution in [0.2, 0.25) is 0 Å². The number of hydrogen-bond donors (Lipinski definition) is 0. The summed E-state index contributed by atoms with van der Waals surface area (Å²) in [6.45, 7) is 0. The molecule has 0 saturated heterocycles. The van der Waals surface area contributed by atoms with Crippen LogP contribution >= 0.6 is 0 Å². The van der Waals surface area contributed by atoms with E-state index in [0.29, 0.717) is 0 Å². The summed E-state index contributed by atoms with van der Waals surface area (Å²) >= 11 is 0. The zero-order valence-electron chi connectivity index (χ0n) is 29.2. The van der Waals surface area contributed by atoms with Gasteiger partial charge in [-0.3, -0.25) is 0 Å². The number of benzene rings is 10. The van der Waals surface area contributed by atoms with Gasteiger partial charge < -0.3 is 4.90 Å². The van der Waals surface area contributed by atoms with Crippen LogP contribution < -0.4 is 4.90 Å². The summed E-state index contributed by atoms with van der Waals surface area (Å²) in [5, 5.41) is 10.0. The molecule has 0 amide bonds. The maximum Gasteiger partial charge on any atom is 0.0540 e. The van der Waals surface area contributed by atoms with E-state index in [0.717, 1.165) is 17.1 Å². The summed E-state index contributed by atoms with van der Waals surface area (Å²) in [4.78, 5) is 2.42. The average molecular weight is 674 g/mol. The molecule has 0 N–H and O–H groups in total. The number of hydrogen-bond acceptors (Lipinski definition) is 1. The molecule has 0 radical (unpaired) electrons. The molecule has 0 aromatic heterocycles. The molecule has 0 aliphatic carbocycles. The third-order valence-electron chi connectivity index (χ3n) is 10.6. The van der Waals surface area contributed by atoms with Crippen LogP contribution in [0.4, 0.5) is 17.1 Å². The largest absolute Gasteiger partial charge is 0.310 e. The fourth-order valence-corrected chi connectivity index (χ4v) is 8.05. The van der Waals surface area contributed by atoms with Crippen LogP contribution in [-0.2, 0) is 0 Å². The minimum Gasteiger partial charge on any atom is -0.310 e. The van der Waals surface area contributed by atoms with Gasteiger partial charge in [0, 0.05) is 16.8 Å². The van der Waals surface area contributed by atoms with Crippen molar-refractivity contribution in [1.29, 1.82) is 0 Å². The lowest BCUT2D eigenvalue weighted by Crippen LogP contribution is -2.10. The highest BCUT2D eigenvalue weighted by Crippen LogP contribution is 2.44. The van der Waals surface area contributed by atoms with Crippen molar-refractivity contribution in [3.05, 3.63) is 212 Å². The molecule has 53 heavy (non-hydrogen) atoms. The molecular formula is C52H35N. The molecule has 0 aliphatic rings. The molecule has 0 atom stereocenters. The fraction of sp³-hybridized carbons (Fsp3) is 0. The van der Waals surface area contributed by atoms with Crippen molar-refractivity contribution in [3.63, 3.8) is 0 Å². The molecule has 0 aliphatic heterocycles. The van der Waals surface area contributed by atoms with Gasteiger partial charge in [-0.1, -0.05) is 170 Å². The third kappa shape index (κ3) is 5.51. The van der Waals surface area contributed by atoms with E-state index in [1.807, 2.05) is 0 Å². The topological polar surface area (TPSA) is 3.24 Å². The molecule has 0 saturated carbocycles. The Morgan fingerprint density at radius 3 is 1.60 bits per heavy atom. The summed E-state index contributed by atoms with van der Waals surface area (Å²) in [5.41, 5.74) is 10.6. The van der Waals surface area contributed by atoms with Crippen LogP contribution in [0.1, 0.15) is 0 Å². The summed E-state index contributed by atoms with van der Waals surface area (Å²) < 4.78 is 0. The first-order chi connectivity index (χ1) is 26.3. The SMILES string of the molecule is c1ccc(-c2ccc(N(c3ccc(-c4cc5ccccc5c5ccccc45)cc3)c3cccc(-c4ccc5ccccc5c4)c3)c3ccccc23)cc1. The van der Waals surface area contributed by atoms with Crippen molar-refractivity contribution >= 4 is 60.2 Å². The van der Waals surface area contributed by atoms with Gasteiger partial charge >= 0.3 is 0 Å². The highest BCUT2D eigenvalue weighted by molar-refractivity contribution is 6.14. The van der Waals surface area contributed by atoms with Crippen LogP contribution in [-0.4, -0.2) is 0 Å². The van der Waals surface area contributed by atoms with Crippen LogP contribution in [0, 0.1) is 0 Å². The molecule has 1 heteroatoms. The molecule has 0 unspecified atom stereocenters. The Hall–Kier alpha value is -6.96. The number of fused-ring (bicyclic) bond motifs is 5. The Morgan fingerprint density at radius 1 is 0.245 bits per heavy atom. The molecule has 1 nitrogen and oxygen atoms in total. The van der Waals surface area contributed by atoms with E-state index in [9.17, 15) is 0 Å². The average Bonchev–Trinajstić information content (AvgIpc) is 3.24. The molecule has 10 aromatic rings. The Morgan fingerprint density at radius 2 is 0.811 bits per heavy atom. The van der Waals surface area contributed by atoms with E-state index in [1.165, 1.54) is 76.5 Å². The van der Waals surface area contributed by atoms with Gasteiger partial charge in [-0.05, 0) is 114 Å². The predicted molar refractivity (Wildman–Crippen MR) is 227 cm³/mol. The molecular weight excluding hydrogens is 639 g/mol. The van der Waals surface area contributed by atoms with Crippen molar-refractivity contribution in [1.82, 2.24) is 0 Å². The maximum atomic E-state index is 2.42. The van der Waals surface area contributed by atoms with E-state index in [2.05, 4.69) is 217 Å². The van der Waals surface area contributed by atoms with Gasteiger partial charge in [0.15, 0.2) is 0 Å². The predicted octanol–water partition coefficient (Wildman–Crippen LogP) is 14.8. The first-order valence-electron chi connectivity index (χ1n) is 18.3. The molecule has 10 rings (SSSR count). The molecule has 10 aromatic carbocycles. The smallest absolute Gasteiger partial charge is 0.0540 e. The van der Waals surface area contributed by atoms with Crippen LogP contribution in [0.3, 0.4) is 0 Å². The monoisotopic (exact) mass is 673 g/mol. The molecule has 0 bridgehead atoms. The van der Waals surface area contributed by atoms with Crippen LogP contribution in [0.25, 0.3) is 76.5 Å². The van der Waals surface area contributed by atoms with Gasteiger partial charge in [-0.25, -0.2) is 0 Å². The first kappa shape index (κ1) is 30.8. The van der Waals surface area contributed by atoms with Gasteiger partial charge in [0.25, 0.3) is 0 Å².